The second-order valence-corrected chi connectivity index (χ2v) is 3.21. The summed E-state index contributed by atoms with van der Waals surface area (Å²) in [5, 5.41) is 11.8. The van der Waals surface area contributed by atoms with Gasteiger partial charge in [0.05, 0.1) is 6.10 Å². The van der Waals surface area contributed by atoms with Gasteiger partial charge in [-0.3, -0.25) is 0 Å². The molecule has 0 aliphatic carbocycles. The summed E-state index contributed by atoms with van der Waals surface area (Å²) in [7, 11) is 0. The third-order valence-electron chi connectivity index (χ3n) is 1.99. The maximum absolute atomic E-state index is 11.1. The Labute approximate surface area is 72.6 Å². The topological polar surface area (TPSA) is 52.6 Å². The van der Waals surface area contributed by atoms with E-state index < -0.39 is 0 Å². The standard InChI is InChI=1S/C8H16N2O2/c1-7(11)3-6-10-5-2-4-9-8(10)12/h7,11H,2-6H2,1H3,(H,9,12). The maximum Gasteiger partial charge on any atom is 0.317 e. The van der Waals surface area contributed by atoms with Crippen molar-refractivity contribution in [3.8, 4) is 0 Å². The van der Waals surface area contributed by atoms with E-state index in [-0.39, 0.29) is 12.1 Å². The van der Waals surface area contributed by atoms with Crippen LogP contribution in [-0.2, 0) is 0 Å². The predicted octanol–water partition coefficient (Wildman–Crippen LogP) is 0.173. The van der Waals surface area contributed by atoms with Gasteiger partial charge in [0.1, 0.15) is 0 Å². The molecule has 2 N–H and O–H groups in total. The first kappa shape index (κ1) is 9.32. The fourth-order valence-corrected chi connectivity index (χ4v) is 1.23. The minimum absolute atomic E-state index is 0.00176. The molecule has 0 aromatic rings. The second-order valence-electron chi connectivity index (χ2n) is 3.21. The number of carbonyl (C=O) groups excluding carboxylic acids is 1. The minimum atomic E-state index is -0.320. The lowest BCUT2D eigenvalue weighted by atomic mass is 10.2. The number of nitrogens with one attached hydrogen (secondary N) is 1. The number of carbonyl (C=O) groups is 1. The Morgan fingerprint density at radius 1 is 1.75 bits per heavy atom. The van der Waals surface area contributed by atoms with Gasteiger partial charge in [-0.15, -0.1) is 0 Å². The van der Waals surface area contributed by atoms with Crippen molar-refractivity contribution in [2.75, 3.05) is 19.6 Å². The number of aliphatic hydroxyl groups is 1. The number of aliphatic hydroxyl groups excluding tert-OH is 1. The highest BCUT2D eigenvalue weighted by molar-refractivity contribution is 5.74. The summed E-state index contributed by atoms with van der Waals surface area (Å²) >= 11 is 0. The van der Waals surface area contributed by atoms with Crippen LogP contribution in [0.25, 0.3) is 0 Å². The zero-order valence-corrected chi connectivity index (χ0v) is 7.42. The van der Waals surface area contributed by atoms with Crippen molar-refractivity contribution >= 4 is 6.03 Å². The van der Waals surface area contributed by atoms with E-state index in [0.717, 1.165) is 19.5 Å². The van der Waals surface area contributed by atoms with Crippen molar-refractivity contribution < 1.29 is 9.90 Å². The van der Waals surface area contributed by atoms with Crippen LogP contribution >= 0.6 is 0 Å². The Morgan fingerprint density at radius 3 is 3.08 bits per heavy atom. The van der Waals surface area contributed by atoms with Gasteiger partial charge >= 0.3 is 6.03 Å². The molecule has 0 aromatic carbocycles. The van der Waals surface area contributed by atoms with Gasteiger partial charge in [0.2, 0.25) is 0 Å². The number of nitrogens with zero attached hydrogens (tertiary/aromatic N) is 1. The molecule has 1 heterocycles. The normalized spacial score (nSPS) is 20.5. The highest BCUT2D eigenvalue weighted by atomic mass is 16.3. The van der Waals surface area contributed by atoms with E-state index in [9.17, 15) is 4.79 Å². The molecule has 2 amide bonds. The molecule has 0 radical (unpaired) electrons. The van der Waals surface area contributed by atoms with Crippen LogP contribution < -0.4 is 5.32 Å². The Hall–Kier alpha value is -0.770. The van der Waals surface area contributed by atoms with Crippen molar-refractivity contribution in [1.82, 2.24) is 10.2 Å². The number of urea groups is 1. The molecule has 1 fully saturated rings. The quantitative estimate of drug-likeness (QED) is 0.637. The van der Waals surface area contributed by atoms with Crippen LogP contribution in [0.5, 0.6) is 0 Å². The molecule has 0 spiro atoms. The molecule has 0 saturated carbocycles. The first-order valence-corrected chi connectivity index (χ1v) is 4.41. The fraction of sp³-hybridized carbons (Fsp3) is 0.875. The molecule has 12 heavy (non-hydrogen) atoms. The van der Waals surface area contributed by atoms with Gasteiger partial charge in [-0.2, -0.15) is 0 Å². The van der Waals surface area contributed by atoms with Crippen LogP contribution in [0.15, 0.2) is 0 Å². The number of hydrogen-bond acceptors (Lipinski definition) is 2. The van der Waals surface area contributed by atoms with E-state index in [4.69, 9.17) is 5.11 Å². The summed E-state index contributed by atoms with van der Waals surface area (Å²) in [6, 6.07) is 0.00176. The molecule has 1 aliphatic rings. The van der Waals surface area contributed by atoms with Crippen molar-refractivity contribution in [2.24, 2.45) is 0 Å². The van der Waals surface area contributed by atoms with Crippen molar-refractivity contribution in [3.05, 3.63) is 0 Å². The Kier molecular flexibility index (Phi) is 3.34. The van der Waals surface area contributed by atoms with E-state index in [0.29, 0.717) is 13.0 Å². The molecule has 4 heteroatoms. The monoisotopic (exact) mass is 172 g/mol. The van der Waals surface area contributed by atoms with Gasteiger partial charge in [0, 0.05) is 19.6 Å². The largest absolute Gasteiger partial charge is 0.393 e. The van der Waals surface area contributed by atoms with Gasteiger partial charge in [-0.05, 0) is 19.8 Å². The average molecular weight is 172 g/mol. The summed E-state index contributed by atoms with van der Waals surface area (Å²) in [4.78, 5) is 12.9. The zero-order valence-electron chi connectivity index (χ0n) is 7.42. The van der Waals surface area contributed by atoms with E-state index in [1.807, 2.05) is 0 Å². The van der Waals surface area contributed by atoms with Gasteiger partial charge in [-0.1, -0.05) is 0 Å². The Balaban J connectivity index is 2.25. The molecule has 1 saturated heterocycles. The summed E-state index contributed by atoms with van der Waals surface area (Å²) in [5.74, 6) is 0. The van der Waals surface area contributed by atoms with Crippen LogP contribution in [0.3, 0.4) is 0 Å². The van der Waals surface area contributed by atoms with Crippen LogP contribution in [0.4, 0.5) is 4.79 Å². The smallest absolute Gasteiger partial charge is 0.317 e. The fourth-order valence-electron chi connectivity index (χ4n) is 1.23. The van der Waals surface area contributed by atoms with Crippen LogP contribution in [0, 0.1) is 0 Å². The zero-order chi connectivity index (χ0) is 8.97. The summed E-state index contributed by atoms with van der Waals surface area (Å²) in [6.07, 6.45) is 1.35. The Bertz CT molecular complexity index is 159. The molecule has 0 bridgehead atoms. The molecule has 70 valence electrons. The van der Waals surface area contributed by atoms with E-state index >= 15 is 0 Å². The number of rotatable bonds is 3. The van der Waals surface area contributed by atoms with Gasteiger partial charge in [0.15, 0.2) is 0 Å². The molecular weight excluding hydrogens is 156 g/mol. The van der Waals surface area contributed by atoms with Crippen LogP contribution in [0.2, 0.25) is 0 Å². The molecule has 4 nitrogen and oxygen atoms in total. The number of hydrogen-bond donors (Lipinski definition) is 2. The van der Waals surface area contributed by atoms with Crippen molar-refractivity contribution in [2.45, 2.75) is 25.9 Å². The first-order chi connectivity index (χ1) is 5.70. The maximum atomic E-state index is 11.1. The van der Waals surface area contributed by atoms with Crippen LogP contribution in [-0.4, -0.2) is 41.8 Å². The SMILES string of the molecule is CC(O)CCN1CCCNC1=O. The Morgan fingerprint density at radius 2 is 2.50 bits per heavy atom. The molecule has 1 unspecified atom stereocenters. The molecule has 1 atom stereocenters. The predicted molar refractivity (Wildman–Crippen MR) is 45.9 cm³/mol. The van der Waals surface area contributed by atoms with Gasteiger partial charge < -0.3 is 15.3 Å². The minimum Gasteiger partial charge on any atom is -0.393 e. The molecule has 1 rings (SSSR count). The molecule has 1 aliphatic heterocycles. The lowest BCUT2D eigenvalue weighted by Crippen LogP contribution is -2.47. The lowest BCUT2D eigenvalue weighted by Gasteiger charge is -2.27. The van der Waals surface area contributed by atoms with E-state index in [1.54, 1.807) is 11.8 Å². The highest BCUT2D eigenvalue weighted by Gasteiger charge is 2.16. The van der Waals surface area contributed by atoms with Crippen LogP contribution in [0.1, 0.15) is 19.8 Å². The first-order valence-electron chi connectivity index (χ1n) is 4.41. The third kappa shape index (κ3) is 2.70. The second kappa shape index (κ2) is 4.30. The van der Waals surface area contributed by atoms with Crippen molar-refractivity contribution in [3.63, 3.8) is 0 Å². The lowest BCUT2D eigenvalue weighted by molar-refractivity contribution is 0.150. The number of amides is 2. The summed E-state index contributed by atoms with van der Waals surface area (Å²) in [6.45, 7) is 3.99. The summed E-state index contributed by atoms with van der Waals surface area (Å²) in [5.41, 5.74) is 0. The van der Waals surface area contributed by atoms with Crippen molar-refractivity contribution in [1.29, 1.82) is 0 Å². The van der Waals surface area contributed by atoms with Gasteiger partial charge in [0.25, 0.3) is 0 Å². The van der Waals surface area contributed by atoms with E-state index in [1.165, 1.54) is 0 Å². The average Bonchev–Trinajstić information content (AvgIpc) is 2.03. The highest BCUT2D eigenvalue weighted by Crippen LogP contribution is 2.01. The van der Waals surface area contributed by atoms with E-state index in [2.05, 4.69) is 5.32 Å². The molecular formula is C8H16N2O2. The van der Waals surface area contributed by atoms with Gasteiger partial charge in [-0.25, -0.2) is 4.79 Å². The summed E-state index contributed by atoms with van der Waals surface area (Å²) < 4.78 is 0. The molecule has 0 aromatic heterocycles. The third-order valence-corrected chi connectivity index (χ3v) is 1.99.